The number of nitrogens with two attached hydrogens (primary N) is 1. The fourth-order valence-corrected chi connectivity index (χ4v) is 1.63. The number of ether oxygens (including phenoxy) is 3. The van der Waals surface area contributed by atoms with Gasteiger partial charge in [0.1, 0.15) is 13.2 Å². The highest BCUT2D eigenvalue weighted by Crippen LogP contribution is 2.31. The van der Waals surface area contributed by atoms with E-state index >= 15 is 0 Å². The second-order valence-electron chi connectivity index (χ2n) is 4.00. The molecule has 0 aliphatic carbocycles. The molecule has 0 radical (unpaired) electrons. The third kappa shape index (κ3) is 5.66. The standard InChI is InChI=1S/C13H18F3NO3/c1-18-11-4-2-3-10(5-6-17)12(11)20-8-7-19-9-13(14,15)16/h2-4H,5-9,17H2,1H3. The molecule has 0 aliphatic rings. The first-order valence-electron chi connectivity index (χ1n) is 6.11. The number of hydrogen-bond acceptors (Lipinski definition) is 4. The summed E-state index contributed by atoms with van der Waals surface area (Å²) in [4.78, 5) is 0. The molecule has 0 aromatic heterocycles. The van der Waals surface area contributed by atoms with Crippen molar-refractivity contribution < 1.29 is 27.4 Å². The van der Waals surface area contributed by atoms with Gasteiger partial charge in [-0.2, -0.15) is 13.2 Å². The molecule has 0 fully saturated rings. The molecule has 7 heteroatoms. The molecule has 4 nitrogen and oxygen atoms in total. The highest BCUT2D eigenvalue weighted by atomic mass is 19.4. The quantitative estimate of drug-likeness (QED) is 0.746. The Bertz CT molecular complexity index is 410. The van der Waals surface area contributed by atoms with Crippen molar-refractivity contribution in [3.8, 4) is 11.5 Å². The first-order valence-corrected chi connectivity index (χ1v) is 6.11. The van der Waals surface area contributed by atoms with Gasteiger partial charge in [-0.15, -0.1) is 0 Å². The molecule has 0 unspecified atom stereocenters. The van der Waals surface area contributed by atoms with Gasteiger partial charge in [0.05, 0.1) is 13.7 Å². The predicted octanol–water partition coefficient (Wildman–Crippen LogP) is 2.15. The number of halogens is 3. The van der Waals surface area contributed by atoms with Gasteiger partial charge in [0, 0.05) is 0 Å². The number of hydrogen-bond donors (Lipinski definition) is 1. The van der Waals surface area contributed by atoms with E-state index in [0.717, 1.165) is 5.56 Å². The maximum Gasteiger partial charge on any atom is 0.411 e. The lowest BCUT2D eigenvalue weighted by molar-refractivity contribution is -0.175. The van der Waals surface area contributed by atoms with Crippen molar-refractivity contribution in [2.75, 3.05) is 33.5 Å². The zero-order valence-electron chi connectivity index (χ0n) is 11.2. The predicted molar refractivity (Wildman–Crippen MR) is 68.1 cm³/mol. The van der Waals surface area contributed by atoms with Gasteiger partial charge in [-0.25, -0.2) is 0 Å². The van der Waals surface area contributed by atoms with E-state index < -0.39 is 12.8 Å². The van der Waals surface area contributed by atoms with Crippen molar-refractivity contribution >= 4 is 0 Å². The number of benzene rings is 1. The van der Waals surface area contributed by atoms with Crippen LogP contribution in [-0.2, 0) is 11.2 Å². The minimum absolute atomic E-state index is 0.00796. The Hall–Kier alpha value is -1.47. The molecule has 0 saturated heterocycles. The minimum Gasteiger partial charge on any atom is -0.493 e. The second kappa shape index (κ2) is 7.96. The Morgan fingerprint density at radius 3 is 2.55 bits per heavy atom. The van der Waals surface area contributed by atoms with E-state index in [1.807, 2.05) is 6.07 Å². The molecule has 1 aromatic carbocycles. The third-order valence-electron chi connectivity index (χ3n) is 2.43. The zero-order valence-corrected chi connectivity index (χ0v) is 11.2. The van der Waals surface area contributed by atoms with Gasteiger partial charge >= 0.3 is 6.18 Å². The van der Waals surface area contributed by atoms with Crippen LogP contribution in [0, 0.1) is 0 Å². The molecule has 0 bridgehead atoms. The lowest BCUT2D eigenvalue weighted by atomic mass is 10.1. The first kappa shape index (κ1) is 16.6. The molecule has 0 atom stereocenters. The van der Waals surface area contributed by atoms with Crippen molar-refractivity contribution in [2.45, 2.75) is 12.6 Å². The van der Waals surface area contributed by atoms with Gasteiger partial charge in [-0.1, -0.05) is 12.1 Å². The number of methoxy groups -OCH3 is 1. The van der Waals surface area contributed by atoms with Crippen LogP contribution in [0.3, 0.4) is 0 Å². The first-order chi connectivity index (χ1) is 9.48. The lowest BCUT2D eigenvalue weighted by Crippen LogP contribution is -2.19. The molecule has 0 amide bonds. The molecular formula is C13H18F3NO3. The number of rotatable bonds is 8. The van der Waals surface area contributed by atoms with Gasteiger partial charge < -0.3 is 19.9 Å². The normalized spacial score (nSPS) is 11.4. The van der Waals surface area contributed by atoms with Gasteiger partial charge in [0.25, 0.3) is 0 Å². The molecule has 1 aromatic rings. The Morgan fingerprint density at radius 2 is 1.95 bits per heavy atom. The maximum absolute atomic E-state index is 11.9. The average Bonchev–Trinajstić information content (AvgIpc) is 2.38. The number of alkyl halides is 3. The average molecular weight is 293 g/mol. The second-order valence-corrected chi connectivity index (χ2v) is 4.00. The van der Waals surface area contributed by atoms with E-state index in [0.29, 0.717) is 24.5 Å². The topological polar surface area (TPSA) is 53.7 Å². The monoisotopic (exact) mass is 293 g/mol. The van der Waals surface area contributed by atoms with Crippen molar-refractivity contribution in [1.82, 2.24) is 0 Å². The molecule has 0 saturated carbocycles. The minimum atomic E-state index is -4.32. The van der Waals surface area contributed by atoms with Crippen LogP contribution >= 0.6 is 0 Å². The van der Waals surface area contributed by atoms with E-state index in [2.05, 4.69) is 4.74 Å². The summed E-state index contributed by atoms with van der Waals surface area (Å²) in [5.74, 6) is 1.02. The van der Waals surface area contributed by atoms with E-state index in [9.17, 15) is 13.2 Å². The molecule has 0 heterocycles. The molecule has 1 rings (SSSR count). The molecular weight excluding hydrogens is 275 g/mol. The summed E-state index contributed by atoms with van der Waals surface area (Å²) >= 11 is 0. The summed E-state index contributed by atoms with van der Waals surface area (Å²) in [5.41, 5.74) is 6.35. The van der Waals surface area contributed by atoms with Crippen LogP contribution in [-0.4, -0.2) is 39.7 Å². The Balaban J connectivity index is 2.53. The SMILES string of the molecule is COc1cccc(CCN)c1OCCOCC(F)(F)F. The van der Waals surface area contributed by atoms with Crippen LogP contribution in [0.1, 0.15) is 5.56 Å². The molecule has 2 N–H and O–H groups in total. The number of para-hydroxylation sites is 1. The van der Waals surface area contributed by atoms with Crippen molar-refractivity contribution in [3.05, 3.63) is 23.8 Å². The summed E-state index contributed by atoms with van der Waals surface area (Å²) in [6, 6.07) is 5.35. The highest BCUT2D eigenvalue weighted by Gasteiger charge is 2.27. The van der Waals surface area contributed by atoms with Gasteiger partial charge in [0.2, 0.25) is 0 Å². The van der Waals surface area contributed by atoms with Crippen LogP contribution in [0.25, 0.3) is 0 Å². The fraction of sp³-hybridized carbons (Fsp3) is 0.538. The summed E-state index contributed by atoms with van der Waals surface area (Å²) in [5, 5.41) is 0. The summed E-state index contributed by atoms with van der Waals surface area (Å²) in [7, 11) is 1.49. The molecule has 0 spiro atoms. The highest BCUT2D eigenvalue weighted by molar-refractivity contribution is 5.46. The van der Waals surface area contributed by atoms with Crippen molar-refractivity contribution in [3.63, 3.8) is 0 Å². The van der Waals surface area contributed by atoms with Crippen molar-refractivity contribution in [1.29, 1.82) is 0 Å². The molecule has 114 valence electrons. The van der Waals surface area contributed by atoms with Gasteiger partial charge in [0.15, 0.2) is 11.5 Å². The Labute approximate surface area is 115 Å². The summed E-state index contributed by atoms with van der Waals surface area (Å²) in [6.07, 6.45) is -3.73. The Morgan fingerprint density at radius 1 is 1.20 bits per heavy atom. The van der Waals surface area contributed by atoms with Crippen LogP contribution in [0.5, 0.6) is 11.5 Å². The van der Waals surface area contributed by atoms with Crippen LogP contribution < -0.4 is 15.2 Å². The maximum atomic E-state index is 11.9. The largest absolute Gasteiger partial charge is 0.493 e. The summed E-state index contributed by atoms with van der Waals surface area (Å²) in [6.45, 7) is -0.986. The van der Waals surface area contributed by atoms with Crippen LogP contribution in [0.4, 0.5) is 13.2 Å². The van der Waals surface area contributed by atoms with Crippen LogP contribution in [0.15, 0.2) is 18.2 Å². The van der Waals surface area contributed by atoms with Gasteiger partial charge in [-0.3, -0.25) is 0 Å². The summed E-state index contributed by atoms with van der Waals surface area (Å²) < 4.78 is 50.8. The van der Waals surface area contributed by atoms with Crippen molar-refractivity contribution in [2.24, 2.45) is 5.73 Å². The third-order valence-corrected chi connectivity index (χ3v) is 2.43. The fourth-order valence-electron chi connectivity index (χ4n) is 1.63. The van der Waals surface area contributed by atoms with Gasteiger partial charge in [-0.05, 0) is 24.6 Å². The van der Waals surface area contributed by atoms with E-state index in [-0.39, 0.29) is 13.2 Å². The zero-order chi connectivity index (χ0) is 15.0. The molecule has 20 heavy (non-hydrogen) atoms. The Kier molecular flexibility index (Phi) is 6.60. The van der Waals surface area contributed by atoms with E-state index in [1.165, 1.54) is 7.11 Å². The molecule has 0 aliphatic heterocycles. The van der Waals surface area contributed by atoms with Crippen LogP contribution in [0.2, 0.25) is 0 Å². The van der Waals surface area contributed by atoms with E-state index in [1.54, 1.807) is 12.1 Å². The smallest absolute Gasteiger partial charge is 0.411 e. The van der Waals surface area contributed by atoms with E-state index in [4.69, 9.17) is 15.2 Å². The lowest BCUT2D eigenvalue weighted by Gasteiger charge is -2.15.